The minimum Gasteiger partial charge on any atom is -0.481 e. The van der Waals surface area contributed by atoms with Crippen molar-refractivity contribution in [3.8, 4) is 0 Å². The van der Waals surface area contributed by atoms with Gasteiger partial charge in [0.25, 0.3) is 0 Å². The Morgan fingerprint density at radius 1 is 1.42 bits per heavy atom. The highest BCUT2D eigenvalue weighted by molar-refractivity contribution is 5.74. The third-order valence-corrected chi connectivity index (χ3v) is 4.83. The van der Waals surface area contributed by atoms with Gasteiger partial charge in [0.2, 0.25) is 0 Å². The molecule has 3 rings (SSSR count). The standard InChI is InChI=1S/C16H21NO2/c1-12-3-2-4-13(9-12)11-17-7-5-16(6-8-17)10-14(16)15(18)19/h2-4,9,14H,5-8,10-11H2,1H3,(H,18,19). The number of carboxylic acid groups (broad SMARTS) is 1. The molecule has 1 aromatic rings. The summed E-state index contributed by atoms with van der Waals surface area (Å²) in [4.78, 5) is 13.5. The maximum Gasteiger partial charge on any atom is 0.307 e. The van der Waals surface area contributed by atoms with Gasteiger partial charge in [0, 0.05) is 6.54 Å². The van der Waals surface area contributed by atoms with Crippen molar-refractivity contribution in [2.75, 3.05) is 13.1 Å². The van der Waals surface area contributed by atoms with Crippen LogP contribution in [0.5, 0.6) is 0 Å². The van der Waals surface area contributed by atoms with E-state index in [1.54, 1.807) is 0 Å². The first-order chi connectivity index (χ1) is 9.09. The Balaban J connectivity index is 1.55. The third-order valence-electron chi connectivity index (χ3n) is 4.83. The molecule has 1 atom stereocenters. The SMILES string of the molecule is Cc1cccc(CN2CCC3(CC2)CC3C(=O)O)c1. The number of carbonyl (C=O) groups is 1. The van der Waals surface area contributed by atoms with Crippen LogP contribution in [0.2, 0.25) is 0 Å². The summed E-state index contributed by atoms with van der Waals surface area (Å²) in [7, 11) is 0. The quantitative estimate of drug-likeness (QED) is 0.907. The van der Waals surface area contributed by atoms with E-state index in [4.69, 9.17) is 5.11 Å². The molecule has 3 heteroatoms. The van der Waals surface area contributed by atoms with E-state index in [0.717, 1.165) is 38.9 Å². The fourth-order valence-corrected chi connectivity index (χ4v) is 3.47. The molecule has 0 bridgehead atoms. The lowest BCUT2D eigenvalue weighted by molar-refractivity contribution is -0.139. The minimum atomic E-state index is -0.591. The molecule has 102 valence electrons. The molecule has 0 amide bonds. The van der Waals surface area contributed by atoms with Crippen LogP contribution in [-0.2, 0) is 11.3 Å². The van der Waals surface area contributed by atoms with Gasteiger partial charge in [-0.15, -0.1) is 0 Å². The second-order valence-corrected chi connectivity index (χ2v) is 6.22. The van der Waals surface area contributed by atoms with E-state index in [1.807, 2.05) is 0 Å². The zero-order chi connectivity index (χ0) is 13.5. The Bertz CT molecular complexity index is 489. The molecular weight excluding hydrogens is 238 g/mol. The second-order valence-electron chi connectivity index (χ2n) is 6.22. The number of piperidine rings is 1. The molecule has 19 heavy (non-hydrogen) atoms. The fourth-order valence-electron chi connectivity index (χ4n) is 3.47. The summed E-state index contributed by atoms with van der Waals surface area (Å²) in [6.07, 6.45) is 3.01. The summed E-state index contributed by atoms with van der Waals surface area (Å²) in [6.45, 7) is 5.20. The van der Waals surface area contributed by atoms with Gasteiger partial charge in [0.15, 0.2) is 0 Å². The Morgan fingerprint density at radius 3 is 2.74 bits per heavy atom. The molecule has 1 N–H and O–H groups in total. The molecule has 1 saturated heterocycles. The monoisotopic (exact) mass is 259 g/mol. The van der Waals surface area contributed by atoms with E-state index in [9.17, 15) is 4.79 Å². The van der Waals surface area contributed by atoms with Gasteiger partial charge < -0.3 is 5.11 Å². The van der Waals surface area contributed by atoms with Crippen LogP contribution in [0.1, 0.15) is 30.4 Å². The zero-order valence-corrected chi connectivity index (χ0v) is 11.4. The van der Waals surface area contributed by atoms with E-state index in [-0.39, 0.29) is 11.3 Å². The van der Waals surface area contributed by atoms with Gasteiger partial charge in [-0.2, -0.15) is 0 Å². The van der Waals surface area contributed by atoms with Crippen LogP contribution in [0.4, 0.5) is 0 Å². The summed E-state index contributed by atoms with van der Waals surface area (Å²) >= 11 is 0. The van der Waals surface area contributed by atoms with Crippen molar-refractivity contribution in [3.63, 3.8) is 0 Å². The molecule has 1 spiro atoms. The van der Waals surface area contributed by atoms with Gasteiger partial charge >= 0.3 is 5.97 Å². The number of hydrogen-bond acceptors (Lipinski definition) is 2. The topological polar surface area (TPSA) is 40.5 Å². The summed E-state index contributed by atoms with van der Waals surface area (Å²) in [5.41, 5.74) is 2.82. The number of likely N-dealkylation sites (tertiary alicyclic amines) is 1. The van der Waals surface area contributed by atoms with Crippen molar-refractivity contribution in [1.82, 2.24) is 4.90 Å². The van der Waals surface area contributed by atoms with Crippen molar-refractivity contribution in [2.45, 2.75) is 32.7 Å². The number of carboxylic acids is 1. The minimum absolute atomic E-state index is 0.0615. The van der Waals surface area contributed by atoms with Gasteiger partial charge in [-0.25, -0.2) is 0 Å². The predicted octanol–water partition coefficient (Wildman–Crippen LogP) is 2.68. The number of hydrogen-bond donors (Lipinski definition) is 1. The van der Waals surface area contributed by atoms with Gasteiger partial charge in [-0.1, -0.05) is 29.8 Å². The molecule has 1 saturated carbocycles. The Kier molecular flexibility index (Phi) is 3.09. The first-order valence-corrected chi connectivity index (χ1v) is 7.10. The molecule has 1 aromatic carbocycles. The molecule has 2 fully saturated rings. The molecule has 1 unspecified atom stereocenters. The third kappa shape index (κ3) is 2.52. The average molecular weight is 259 g/mol. The van der Waals surface area contributed by atoms with Crippen molar-refractivity contribution < 1.29 is 9.90 Å². The van der Waals surface area contributed by atoms with E-state index in [2.05, 4.69) is 36.1 Å². The number of aliphatic carboxylic acids is 1. The zero-order valence-electron chi connectivity index (χ0n) is 11.4. The lowest BCUT2D eigenvalue weighted by Gasteiger charge is -2.32. The van der Waals surface area contributed by atoms with Crippen LogP contribution in [0.3, 0.4) is 0 Å². The van der Waals surface area contributed by atoms with Crippen LogP contribution in [0, 0.1) is 18.3 Å². The molecule has 1 heterocycles. The first kappa shape index (κ1) is 12.7. The average Bonchev–Trinajstić information content (AvgIpc) is 3.07. The summed E-state index contributed by atoms with van der Waals surface area (Å²) in [5, 5.41) is 9.09. The van der Waals surface area contributed by atoms with E-state index < -0.39 is 5.97 Å². The maximum absolute atomic E-state index is 11.0. The highest BCUT2D eigenvalue weighted by Gasteiger charge is 2.58. The van der Waals surface area contributed by atoms with E-state index >= 15 is 0 Å². The van der Waals surface area contributed by atoms with Crippen LogP contribution in [0.15, 0.2) is 24.3 Å². The second kappa shape index (κ2) is 4.64. The highest BCUT2D eigenvalue weighted by atomic mass is 16.4. The lowest BCUT2D eigenvalue weighted by atomic mass is 9.90. The van der Waals surface area contributed by atoms with Crippen LogP contribution in [0.25, 0.3) is 0 Å². The number of benzene rings is 1. The highest BCUT2D eigenvalue weighted by Crippen LogP contribution is 2.59. The Morgan fingerprint density at radius 2 is 2.16 bits per heavy atom. The van der Waals surface area contributed by atoms with Crippen LogP contribution in [-0.4, -0.2) is 29.1 Å². The molecule has 0 aromatic heterocycles. The molecule has 1 aliphatic heterocycles. The summed E-state index contributed by atoms with van der Waals surface area (Å²) in [5.74, 6) is -0.652. The largest absolute Gasteiger partial charge is 0.481 e. The van der Waals surface area contributed by atoms with E-state index in [1.165, 1.54) is 11.1 Å². The normalized spacial score (nSPS) is 25.4. The van der Waals surface area contributed by atoms with Gasteiger partial charge in [-0.05, 0) is 50.3 Å². The van der Waals surface area contributed by atoms with Crippen molar-refractivity contribution >= 4 is 5.97 Å². The predicted molar refractivity (Wildman–Crippen MR) is 73.9 cm³/mol. The van der Waals surface area contributed by atoms with Gasteiger partial charge in [-0.3, -0.25) is 9.69 Å². The Labute approximate surface area is 114 Å². The number of rotatable bonds is 3. The van der Waals surface area contributed by atoms with Crippen molar-refractivity contribution in [2.24, 2.45) is 11.3 Å². The van der Waals surface area contributed by atoms with Crippen molar-refractivity contribution in [1.29, 1.82) is 0 Å². The lowest BCUT2D eigenvalue weighted by Crippen LogP contribution is -2.35. The molecular formula is C16H21NO2. The maximum atomic E-state index is 11.0. The molecule has 0 radical (unpaired) electrons. The van der Waals surface area contributed by atoms with Gasteiger partial charge in [0.05, 0.1) is 5.92 Å². The number of aryl methyl sites for hydroxylation is 1. The fraction of sp³-hybridized carbons (Fsp3) is 0.562. The van der Waals surface area contributed by atoms with Crippen LogP contribution < -0.4 is 0 Å². The van der Waals surface area contributed by atoms with Gasteiger partial charge in [0.1, 0.15) is 0 Å². The molecule has 3 nitrogen and oxygen atoms in total. The van der Waals surface area contributed by atoms with Crippen LogP contribution >= 0.6 is 0 Å². The first-order valence-electron chi connectivity index (χ1n) is 7.10. The van der Waals surface area contributed by atoms with E-state index in [0.29, 0.717) is 0 Å². The summed E-state index contributed by atoms with van der Waals surface area (Å²) < 4.78 is 0. The number of nitrogens with zero attached hydrogens (tertiary/aromatic N) is 1. The summed E-state index contributed by atoms with van der Waals surface area (Å²) in [6, 6.07) is 8.64. The van der Waals surface area contributed by atoms with Crippen molar-refractivity contribution in [3.05, 3.63) is 35.4 Å². The molecule has 2 aliphatic rings. The Hall–Kier alpha value is -1.35. The smallest absolute Gasteiger partial charge is 0.307 e. The molecule has 1 aliphatic carbocycles.